The van der Waals surface area contributed by atoms with Gasteiger partial charge in [0.15, 0.2) is 5.78 Å². The average Bonchev–Trinajstić information content (AvgIpc) is 2.40. The zero-order chi connectivity index (χ0) is 14.0. The maximum absolute atomic E-state index is 13.9. The summed E-state index contributed by atoms with van der Waals surface area (Å²) in [6, 6.07) is 9.79. The molecule has 0 atom stereocenters. The van der Waals surface area contributed by atoms with Gasteiger partial charge in [-0.05, 0) is 37.1 Å². The molecule has 0 unspecified atom stereocenters. The van der Waals surface area contributed by atoms with Gasteiger partial charge in [-0.25, -0.2) is 4.39 Å². The molecule has 0 saturated carbocycles. The van der Waals surface area contributed by atoms with E-state index in [1.54, 1.807) is 18.2 Å². The van der Waals surface area contributed by atoms with Crippen LogP contribution >= 0.6 is 0 Å². The summed E-state index contributed by atoms with van der Waals surface area (Å²) < 4.78 is 19.0. The fraction of sp³-hybridized carbons (Fsp3) is 0.188. The minimum absolute atomic E-state index is 0.0151. The molecule has 0 amide bonds. The Morgan fingerprint density at radius 2 is 1.79 bits per heavy atom. The Balaban J connectivity index is 2.60. The molecule has 0 bridgehead atoms. The van der Waals surface area contributed by atoms with E-state index in [1.807, 2.05) is 19.9 Å². The van der Waals surface area contributed by atoms with Gasteiger partial charge in [-0.3, -0.25) is 4.79 Å². The number of rotatable bonds is 3. The van der Waals surface area contributed by atoms with E-state index in [0.717, 1.165) is 11.1 Å². The number of ether oxygens (including phenoxy) is 1. The molecule has 0 aromatic heterocycles. The number of carbonyl (C=O) groups is 1. The lowest BCUT2D eigenvalue weighted by Gasteiger charge is -2.11. The van der Waals surface area contributed by atoms with E-state index < -0.39 is 5.82 Å². The van der Waals surface area contributed by atoms with E-state index >= 15 is 0 Å². The molecule has 0 aliphatic carbocycles. The van der Waals surface area contributed by atoms with E-state index in [1.165, 1.54) is 19.2 Å². The zero-order valence-corrected chi connectivity index (χ0v) is 11.2. The first-order valence-corrected chi connectivity index (χ1v) is 5.99. The molecule has 2 aromatic rings. The van der Waals surface area contributed by atoms with Crippen LogP contribution in [0.4, 0.5) is 4.39 Å². The number of methoxy groups -OCH3 is 1. The Labute approximate surface area is 111 Å². The lowest BCUT2D eigenvalue weighted by atomic mass is 9.95. The van der Waals surface area contributed by atoms with Crippen molar-refractivity contribution in [1.82, 2.24) is 0 Å². The highest BCUT2D eigenvalue weighted by Gasteiger charge is 2.20. The molecule has 0 spiro atoms. The third-order valence-electron chi connectivity index (χ3n) is 3.27. The van der Waals surface area contributed by atoms with Crippen LogP contribution in [-0.4, -0.2) is 12.9 Å². The van der Waals surface area contributed by atoms with Crippen LogP contribution in [0.25, 0.3) is 0 Å². The van der Waals surface area contributed by atoms with Gasteiger partial charge >= 0.3 is 0 Å². The van der Waals surface area contributed by atoms with Gasteiger partial charge in [0, 0.05) is 5.56 Å². The van der Waals surface area contributed by atoms with Crippen LogP contribution in [0, 0.1) is 19.7 Å². The monoisotopic (exact) mass is 258 g/mol. The molecule has 19 heavy (non-hydrogen) atoms. The van der Waals surface area contributed by atoms with Crippen molar-refractivity contribution in [2.75, 3.05) is 7.11 Å². The third-order valence-corrected chi connectivity index (χ3v) is 3.27. The average molecular weight is 258 g/mol. The minimum Gasteiger partial charge on any atom is -0.496 e. The minimum atomic E-state index is -0.565. The van der Waals surface area contributed by atoms with Crippen LogP contribution in [0.5, 0.6) is 5.75 Å². The second kappa shape index (κ2) is 5.22. The summed E-state index contributed by atoms with van der Waals surface area (Å²) in [5, 5.41) is 0. The van der Waals surface area contributed by atoms with Gasteiger partial charge in [-0.2, -0.15) is 0 Å². The molecule has 2 rings (SSSR count). The normalized spacial score (nSPS) is 10.3. The standard InChI is InChI=1S/C16H15FO2/c1-10-6-4-7-12(11(10)2)16(18)15-13(17)8-5-9-14(15)19-3/h4-9H,1-3H3. The highest BCUT2D eigenvalue weighted by atomic mass is 19.1. The van der Waals surface area contributed by atoms with Crippen molar-refractivity contribution in [3.8, 4) is 5.75 Å². The van der Waals surface area contributed by atoms with E-state index in [0.29, 0.717) is 5.56 Å². The van der Waals surface area contributed by atoms with E-state index in [4.69, 9.17) is 4.74 Å². The summed E-state index contributed by atoms with van der Waals surface area (Å²) in [6.45, 7) is 3.78. The summed E-state index contributed by atoms with van der Waals surface area (Å²) in [6.07, 6.45) is 0. The van der Waals surface area contributed by atoms with Crippen molar-refractivity contribution in [3.63, 3.8) is 0 Å². The summed E-state index contributed by atoms with van der Waals surface area (Å²) in [5.41, 5.74) is 2.35. The van der Waals surface area contributed by atoms with Gasteiger partial charge < -0.3 is 4.74 Å². The molecule has 0 heterocycles. The maximum atomic E-state index is 13.9. The molecule has 0 radical (unpaired) electrons. The van der Waals surface area contributed by atoms with Crippen molar-refractivity contribution in [1.29, 1.82) is 0 Å². The van der Waals surface area contributed by atoms with Gasteiger partial charge in [-0.1, -0.05) is 24.3 Å². The van der Waals surface area contributed by atoms with E-state index in [2.05, 4.69) is 0 Å². The van der Waals surface area contributed by atoms with E-state index in [9.17, 15) is 9.18 Å². The SMILES string of the molecule is COc1cccc(F)c1C(=O)c1cccc(C)c1C. The van der Waals surface area contributed by atoms with Crippen molar-refractivity contribution in [2.45, 2.75) is 13.8 Å². The summed E-state index contributed by atoms with van der Waals surface area (Å²) in [7, 11) is 1.43. The molecule has 98 valence electrons. The van der Waals surface area contributed by atoms with Crippen molar-refractivity contribution in [3.05, 3.63) is 64.5 Å². The van der Waals surface area contributed by atoms with Crippen LogP contribution in [0.3, 0.4) is 0 Å². The number of halogens is 1. The molecule has 0 aliphatic rings. The smallest absolute Gasteiger partial charge is 0.200 e. The highest BCUT2D eigenvalue weighted by Crippen LogP contribution is 2.26. The first-order valence-electron chi connectivity index (χ1n) is 5.99. The number of benzene rings is 2. The number of hydrogen-bond acceptors (Lipinski definition) is 2. The van der Waals surface area contributed by atoms with Crippen LogP contribution in [0.15, 0.2) is 36.4 Å². The predicted molar refractivity (Wildman–Crippen MR) is 72.3 cm³/mol. The number of hydrogen-bond donors (Lipinski definition) is 0. The Bertz CT molecular complexity index is 633. The van der Waals surface area contributed by atoms with Gasteiger partial charge in [0.2, 0.25) is 0 Å². The van der Waals surface area contributed by atoms with Gasteiger partial charge in [-0.15, -0.1) is 0 Å². The first kappa shape index (κ1) is 13.3. The number of aryl methyl sites for hydroxylation is 1. The van der Waals surface area contributed by atoms with Gasteiger partial charge in [0.1, 0.15) is 17.1 Å². The van der Waals surface area contributed by atoms with Crippen molar-refractivity contribution >= 4 is 5.78 Å². The fourth-order valence-corrected chi connectivity index (χ4v) is 2.03. The molecule has 2 aromatic carbocycles. The van der Waals surface area contributed by atoms with Gasteiger partial charge in [0.25, 0.3) is 0 Å². The molecule has 0 N–H and O–H groups in total. The summed E-state index contributed by atoms with van der Waals surface area (Å²) in [5.74, 6) is -0.660. The first-order chi connectivity index (χ1) is 9.06. The molecular formula is C16H15FO2. The third kappa shape index (κ3) is 2.36. The largest absolute Gasteiger partial charge is 0.496 e. The predicted octanol–water partition coefficient (Wildman–Crippen LogP) is 3.68. The Morgan fingerprint density at radius 1 is 1.11 bits per heavy atom. The lowest BCUT2D eigenvalue weighted by molar-refractivity contribution is 0.103. The van der Waals surface area contributed by atoms with Crippen LogP contribution in [0.2, 0.25) is 0 Å². The molecule has 0 saturated heterocycles. The van der Waals surface area contributed by atoms with Crippen LogP contribution < -0.4 is 4.74 Å². The lowest BCUT2D eigenvalue weighted by Crippen LogP contribution is -2.09. The molecule has 2 nitrogen and oxygen atoms in total. The second-order valence-corrected chi connectivity index (χ2v) is 4.39. The fourth-order valence-electron chi connectivity index (χ4n) is 2.03. The summed E-state index contributed by atoms with van der Waals surface area (Å²) in [4.78, 5) is 12.5. The molecule has 0 aliphatic heterocycles. The molecule has 0 fully saturated rings. The van der Waals surface area contributed by atoms with Crippen LogP contribution in [0.1, 0.15) is 27.0 Å². The molecular weight excluding hydrogens is 243 g/mol. The topological polar surface area (TPSA) is 26.3 Å². The second-order valence-electron chi connectivity index (χ2n) is 4.39. The Kier molecular flexibility index (Phi) is 3.65. The Morgan fingerprint density at radius 3 is 2.47 bits per heavy atom. The summed E-state index contributed by atoms with van der Waals surface area (Å²) >= 11 is 0. The van der Waals surface area contributed by atoms with Crippen LogP contribution in [-0.2, 0) is 0 Å². The highest BCUT2D eigenvalue weighted by molar-refractivity contribution is 6.11. The van der Waals surface area contributed by atoms with Gasteiger partial charge in [0.05, 0.1) is 7.11 Å². The molecule has 3 heteroatoms. The Hall–Kier alpha value is -2.16. The number of carbonyl (C=O) groups excluding carboxylic acids is 1. The van der Waals surface area contributed by atoms with Crippen molar-refractivity contribution < 1.29 is 13.9 Å². The van der Waals surface area contributed by atoms with Crippen molar-refractivity contribution in [2.24, 2.45) is 0 Å². The quantitative estimate of drug-likeness (QED) is 0.785. The van der Waals surface area contributed by atoms with E-state index in [-0.39, 0.29) is 17.1 Å². The number of ketones is 1. The zero-order valence-electron chi connectivity index (χ0n) is 11.2. The maximum Gasteiger partial charge on any atom is 0.200 e.